The van der Waals surface area contributed by atoms with E-state index in [0.29, 0.717) is 16.7 Å². The molecule has 0 aliphatic heterocycles. The van der Waals surface area contributed by atoms with Crippen molar-refractivity contribution in [3.63, 3.8) is 0 Å². The monoisotopic (exact) mass is 360 g/mol. The molecule has 4 saturated carbocycles. The summed E-state index contributed by atoms with van der Waals surface area (Å²) in [4.78, 5) is 24.1. The molecule has 3 nitrogen and oxygen atoms in total. The standard InChI is InChI=1S/C23H36O3/c1-15(24)23(26-16(2)25)13-12-22(4)17(14-23)7-8-18-19-6-5-10-21(19,3)11-9-20(18)22/h17-20H,5-14H2,1-4H3/t17-,18-,19+,20+,21-,22-,23+/m0/s1. The second-order valence-electron chi connectivity index (χ2n) is 10.6. The fourth-order valence-corrected chi connectivity index (χ4v) is 7.98. The molecule has 0 heterocycles. The van der Waals surface area contributed by atoms with Gasteiger partial charge in [-0.1, -0.05) is 20.3 Å². The molecule has 4 rings (SSSR count). The van der Waals surface area contributed by atoms with Crippen LogP contribution < -0.4 is 0 Å². The fraction of sp³-hybridized carbons (Fsp3) is 0.913. The van der Waals surface area contributed by atoms with Crippen LogP contribution in [0.15, 0.2) is 0 Å². The molecule has 0 aromatic carbocycles. The first-order valence-corrected chi connectivity index (χ1v) is 10.9. The lowest BCUT2D eigenvalue weighted by Gasteiger charge is -2.61. The number of rotatable bonds is 2. The Kier molecular flexibility index (Phi) is 4.32. The molecule has 0 amide bonds. The number of fused-ring (bicyclic) bond motifs is 5. The molecule has 0 radical (unpaired) electrons. The fourth-order valence-electron chi connectivity index (χ4n) is 7.98. The highest BCUT2D eigenvalue weighted by Crippen LogP contribution is 2.67. The number of ketones is 1. The number of hydrogen-bond donors (Lipinski definition) is 0. The second kappa shape index (κ2) is 6.07. The van der Waals surface area contributed by atoms with E-state index in [4.69, 9.17) is 4.74 Å². The smallest absolute Gasteiger partial charge is 0.303 e. The Morgan fingerprint density at radius 2 is 1.65 bits per heavy atom. The van der Waals surface area contributed by atoms with Crippen LogP contribution >= 0.6 is 0 Å². The number of ether oxygens (including phenoxy) is 1. The number of hydrogen-bond acceptors (Lipinski definition) is 3. The molecule has 0 N–H and O–H groups in total. The average Bonchev–Trinajstić information content (AvgIpc) is 2.96. The van der Waals surface area contributed by atoms with Gasteiger partial charge in [-0.3, -0.25) is 9.59 Å². The van der Waals surface area contributed by atoms with Crippen molar-refractivity contribution in [2.45, 2.75) is 97.5 Å². The molecule has 0 unspecified atom stereocenters. The molecule has 4 aliphatic carbocycles. The molecule has 0 aromatic rings. The first-order chi connectivity index (χ1) is 12.2. The summed E-state index contributed by atoms with van der Waals surface area (Å²) in [6.45, 7) is 8.11. The van der Waals surface area contributed by atoms with Crippen LogP contribution in [0.3, 0.4) is 0 Å². The highest BCUT2D eigenvalue weighted by molar-refractivity contribution is 5.87. The van der Waals surface area contributed by atoms with Gasteiger partial charge in [0.25, 0.3) is 0 Å². The summed E-state index contributed by atoms with van der Waals surface area (Å²) in [5.74, 6) is 2.87. The van der Waals surface area contributed by atoms with Crippen molar-refractivity contribution in [3.05, 3.63) is 0 Å². The zero-order chi connectivity index (χ0) is 18.7. The molecule has 7 atom stereocenters. The maximum atomic E-state index is 12.4. The molecule has 146 valence electrons. The quantitative estimate of drug-likeness (QED) is 0.627. The normalized spacial score (nSPS) is 50.3. The summed E-state index contributed by atoms with van der Waals surface area (Å²) in [5.41, 5.74) is 0.0746. The van der Waals surface area contributed by atoms with E-state index in [0.717, 1.165) is 37.0 Å². The van der Waals surface area contributed by atoms with Crippen molar-refractivity contribution >= 4 is 11.8 Å². The average molecular weight is 361 g/mol. The molecule has 0 bridgehead atoms. The molecule has 0 saturated heterocycles. The minimum Gasteiger partial charge on any atom is -0.451 e. The molecule has 4 aliphatic rings. The van der Waals surface area contributed by atoms with E-state index < -0.39 is 5.60 Å². The van der Waals surface area contributed by atoms with E-state index in [-0.39, 0.29) is 11.8 Å². The summed E-state index contributed by atoms with van der Waals surface area (Å²) in [6, 6.07) is 0. The van der Waals surface area contributed by atoms with Crippen molar-refractivity contribution in [1.29, 1.82) is 0 Å². The van der Waals surface area contributed by atoms with Crippen LogP contribution in [0.1, 0.15) is 91.9 Å². The first kappa shape index (κ1) is 18.5. The van der Waals surface area contributed by atoms with Crippen molar-refractivity contribution in [2.24, 2.45) is 34.5 Å². The summed E-state index contributed by atoms with van der Waals surface area (Å²) >= 11 is 0. The van der Waals surface area contributed by atoms with Gasteiger partial charge in [-0.2, -0.15) is 0 Å². The van der Waals surface area contributed by atoms with Gasteiger partial charge in [0.15, 0.2) is 11.4 Å². The molecule has 3 heteroatoms. The molecule has 0 aromatic heterocycles. The summed E-state index contributed by atoms with van der Waals surface area (Å²) in [7, 11) is 0. The van der Waals surface area contributed by atoms with Crippen LogP contribution in [-0.4, -0.2) is 17.4 Å². The maximum absolute atomic E-state index is 12.4. The minimum atomic E-state index is -0.848. The summed E-state index contributed by atoms with van der Waals surface area (Å²) in [6.07, 6.45) is 12.1. The highest BCUT2D eigenvalue weighted by Gasteiger charge is 2.60. The van der Waals surface area contributed by atoms with Crippen LogP contribution in [0, 0.1) is 34.5 Å². The minimum absolute atomic E-state index is 0.0453. The SMILES string of the molecule is CC(=O)O[C@]1(C(C)=O)CC[C@@]2(C)[C@@H](CC[C@H]3[C@H]4CCC[C@@]4(C)CC[C@H]32)C1. The number of Topliss-reactive ketones (excluding diaryl/α,β-unsaturated/α-hetero) is 1. The highest BCUT2D eigenvalue weighted by atomic mass is 16.6. The second-order valence-corrected chi connectivity index (χ2v) is 10.6. The van der Waals surface area contributed by atoms with Crippen LogP contribution in [0.5, 0.6) is 0 Å². The van der Waals surface area contributed by atoms with Crippen molar-refractivity contribution < 1.29 is 14.3 Å². The molecule has 0 spiro atoms. The third-order valence-electron chi connectivity index (χ3n) is 9.47. The first-order valence-electron chi connectivity index (χ1n) is 10.9. The van der Waals surface area contributed by atoms with Gasteiger partial charge in [0.1, 0.15) is 0 Å². The summed E-state index contributed by atoms with van der Waals surface area (Å²) < 4.78 is 5.67. The number of esters is 1. The lowest BCUT2D eigenvalue weighted by atomic mass is 9.44. The third-order valence-corrected chi connectivity index (χ3v) is 9.47. The van der Waals surface area contributed by atoms with Gasteiger partial charge in [-0.15, -0.1) is 0 Å². The number of carbonyl (C=O) groups is 2. The third kappa shape index (κ3) is 2.59. The van der Waals surface area contributed by atoms with Gasteiger partial charge in [0.05, 0.1) is 0 Å². The Morgan fingerprint density at radius 3 is 2.35 bits per heavy atom. The Balaban J connectivity index is 1.59. The summed E-state index contributed by atoms with van der Waals surface area (Å²) in [5, 5.41) is 0. The van der Waals surface area contributed by atoms with Gasteiger partial charge < -0.3 is 4.74 Å². The lowest BCUT2D eigenvalue weighted by molar-refractivity contribution is -0.186. The zero-order valence-electron chi connectivity index (χ0n) is 17.1. The predicted molar refractivity (Wildman–Crippen MR) is 102 cm³/mol. The Labute approximate surface area is 158 Å². The molecular formula is C23H36O3. The van der Waals surface area contributed by atoms with Gasteiger partial charge >= 0.3 is 5.97 Å². The van der Waals surface area contributed by atoms with E-state index in [1.54, 1.807) is 6.92 Å². The van der Waals surface area contributed by atoms with Gasteiger partial charge in [0.2, 0.25) is 0 Å². The largest absolute Gasteiger partial charge is 0.451 e. The van der Waals surface area contributed by atoms with Crippen LogP contribution in [0.4, 0.5) is 0 Å². The topological polar surface area (TPSA) is 43.4 Å². The van der Waals surface area contributed by atoms with Gasteiger partial charge in [0, 0.05) is 6.92 Å². The lowest BCUT2D eigenvalue weighted by Crippen LogP contribution is -2.57. The molecule has 26 heavy (non-hydrogen) atoms. The van der Waals surface area contributed by atoms with Crippen LogP contribution in [0.2, 0.25) is 0 Å². The predicted octanol–water partition coefficient (Wildman–Crippen LogP) is 5.31. The van der Waals surface area contributed by atoms with E-state index in [9.17, 15) is 9.59 Å². The van der Waals surface area contributed by atoms with E-state index in [2.05, 4.69) is 13.8 Å². The Morgan fingerprint density at radius 1 is 0.885 bits per heavy atom. The Hall–Kier alpha value is -0.860. The molecule has 4 fully saturated rings. The maximum Gasteiger partial charge on any atom is 0.303 e. The van der Waals surface area contributed by atoms with Crippen molar-refractivity contribution in [1.82, 2.24) is 0 Å². The zero-order valence-corrected chi connectivity index (χ0v) is 17.1. The van der Waals surface area contributed by atoms with Crippen molar-refractivity contribution in [2.75, 3.05) is 0 Å². The number of carbonyl (C=O) groups excluding carboxylic acids is 2. The van der Waals surface area contributed by atoms with Gasteiger partial charge in [-0.25, -0.2) is 0 Å². The van der Waals surface area contributed by atoms with E-state index in [1.807, 2.05) is 0 Å². The Bertz CT molecular complexity index is 613. The van der Waals surface area contributed by atoms with Crippen LogP contribution in [0.25, 0.3) is 0 Å². The van der Waals surface area contributed by atoms with Gasteiger partial charge in [-0.05, 0) is 99.2 Å². The van der Waals surface area contributed by atoms with E-state index in [1.165, 1.54) is 51.9 Å². The molecular weight excluding hydrogens is 324 g/mol. The van der Waals surface area contributed by atoms with E-state index >= 15 is 0 Å². The van der Waals surface area contributed by atoms with Crippen LogP contribution in [-0.2, 0) is 14.3 Å². The van der Waals surface area contributed by atoms with Crippen molar-refractivity contribution in [3.8, 4) is 0 Å².